The molecule has 0 aliphatic rings. The van der Waals surface area contributed by atoms with Gasteiger partial charge in [0.2, 0.25) is 0 Å². The van der Waals surface area contributed by atoms with Crippen LogP contribution in [0.2, 0.25) is 5.02 Å². The predicted octanol–water partition coefficient (Wildman–Crippen LogP) is 2.64. The predicted molar refractivity (Wildman–Crippen MR) is 94.4 cm³/mol. The molecule has 0 saturated heterocycles. The second kappa shape index (κ2) is 8.84. The number of carbonyl (C=O) groups is 3. The van der Waals surface area contributed by atoms with Crippen LogP contribution < -0.4 is 10.6 Å². The molecule has 1 atom stereocenters. The third kappa shape index (κ3) is 5.93. The molecule has 0 radical (unpaired) electrons. The molecule has 0 bridgehead atoms. The summed E-state index contributed by atoms with van der Waals surface area (Å²) in [6, 6.07) is 15.0. The lowest BCUT2D eigenvalue weighted by atomic mass is 10.2. The highest BCUT2D eigenvalue weighted by molar-refractivity contribution is 6.30. The van der Waals surface area contributed by atoms with Gasteiger partial charge in [-0.3, -0.25) is 14.4 Å². The van der Waals surface area contributed by atoms with Crippen LogP contribution in [0.25, 0.3) is 0 Å². The van der Waals surface area contributed by atoms with Gasteiger partial charge < -0.3 is 15.4 Å². The van der Waals surface area contributed by atoms with Gasteiger partial charge in [-0.1, -0.05) is 29.8 Å². The molecule has 0 aliphatic carbocycles. The van der Waals surface area contributed by atoms with E-state index in [0.29, 0.717) is 16.3 Å². The van der Waals surface area contributed by atoms with E-state index in [1.165, 1.54) is 6.92 Å². The van der Waals surface area contributed by atoms with Crippen molar-refractivity contribution in [3.8, 4) is 0 Å². The highest BCUT2D eigenvalue weighted by Crippen LogP contribution is 2.13. The van der Waals surface area contributed by atoms with Gasteiger partial charge in [0, 0.05) is 16.3 Å². The highest BCUT2D eigenvalue weighted by Gasteiger charge is 2.18. The van der Waals surface area contributed by atoms with Crippen molar-refractivity contribution in [2.24, 2.45) is 0 Å². The van der Waals surface area contributed by atoms with Crippen LogP contribution in [0.5, 0.6) is 0 Å². The molecule has 25 heavy (non-hydrogen) atoms. The number of nitrogens with one attached hydrogen (secondary N) is 2. The maximum absolute atomic E-state index is 12.0. The van der Waals surface area contributed by atoms with Gasteiger partial charge >= 0.3 is 5.97 Å². The number of hydrogen-bond acceptors (Lipinski definition) is 4. The largest absolute Gasteiger partial charge is 0.451 e. The van der Waals surface area contributed by atoms with Crippen LogP contribution in [0.3, 0.4) is 0 Å². The van der Waals surface area contributed by atoms with Crippen LogP contribution in [0.15, 0.2) is 54.6 Å². The van der Waals surface area contributed by atoms with Crippen LogP contribution in [-0.2, 0) is 14.3 Å². The number of ether oxygens (including phenoxy) is 1. The molecule has 2 amide bonds. The smallest absolute Gasteiger partial charge is 0.326 e. The summed E-state index contributed by atoms with van der Waals surface area (Å²) < 4.78 is 5.00. The molecular weight excluding hydrogens is 344 g/mol. The average molecular weight is 361 g/mol. The van der Waals surface area contributed by atoms with E-state index in [9.17, 15) is 14.4 Å². The van der Waals surface area contributed by atoms with E-state index in [2.05, 4.69) is 10.6 Å². The average Bonchev–Trinajstić information content (AvgIpc) is 2.62. The third-order valence-corrected chi connectivity index (χ3v) is 3.47. The Bertz CT molecular complexity index is 747. The van der Waals surface area contributed by atoms with Gasteiger partial charge in [-0.25, -0.2) is 0 Å². The summed E-state index contributed by atoms with van der Waals surface area (Å²) in [6.07, 6.45) is -1.00. The molecule has 0 aromatic heterocycles. The molecule has 0 unspecified atom stereocenters. The summed E-state index contributed by atoms with van der Waals surface area (Å²) in [5.74, 6) is -1.58. The molecule has 7 heteroatoms. The summed E-state index contributed by atoms with van der Waals surface area (Å²) in [6.45, 7) is 1.12. The van der Waals surface area contributed by atoms with Crippen LogP contribution in [-0.4, -0.2) is 30.4 Å². The summed E-state index contributed by atoms with van der Waals surface area (Å²) in [4.78, 5) is 35.6. The fourth-order valence-corrected chi connectivity index (χ4v) is 2.04. The summed E-state index contributed by atoms with van der Waals surface area (Å²) in [5.41, 5.74) is 0.971. The lowest BCUT2D eigenvalue weighted by molar-refractivity contribution is -0.152. The molecule has 130 valence electrons. The van der Waals surface area contributed by atoms with Crippen molar-refractivity contribution in [1.29, 1.82) is 0 Å². The number of amides is 2. The van der Waals surface area contributed by atoms with Crippen molar-refractivity contribution >= 4 is 35.1 Å². The van der Waals surface area contributed by atoms with Crippen molar-refractivity contribution in [1.82, 2.24) is 5.32 Å². The van der Waals surface area contributed by atoms with Crippen LogP contribution in [0.1, 0.15) is 17.3 Å². The second-order valence-electron chi connectivity index (χ2n) is 5.18. The van der Waals surface area contributed by atoms with Gasteiger partial charge in [0.15, 0.2) is 6.10 Å². The molecule has 0 saturated carbocycles. The Hall–Kier alpha value is -2.86. The van der Waals surface area contributed by atoms with Gasteiger partial charge in [0.05, 0.1) is 0 Å². The molecule has 0 spiro atoms. The Morgan fingerprint density at radius 3 is 2.32 bits per heavy atom. The van der Waals surface area contributed by atoms with Crippen molar-refractivity contribution in [2.75, 3.05) is 11.9 Å². The summed E-state index contributed by atoms with van der Waals surface area (Å²) in [5, 5.41) is 5.59. The molecule has 2 N–H and O–H groups in total. The van der Waals surface area contributed by atoms with E-state index in [0.717, 1.165) is 0 Å². The quantitative estimate of drug-likeness (QED) is 0.775. The Balaban J connectivity index is 1.78. The van der Waals surface area contributed by atoms with Crippen LogP contribution in [0, 0.1) is 0 Å². The Morgan fingerprint density at radius 2 is 1.68 bits per heavy atom. The monoisotopic (exact) mass is 360 g/mol. The van der Waals surface area contributed by atoms with Gasteiger partial charge in [0.1, 0.15) is 6.54 Å². The van der Waals surface area contributed by atoms with E-state index < -0.39 is 23.9 Å². The standard InChI is InChI=1S/C18H17ClN2O4/c1-12(17(23)21-15-9-7-14(19)8-10-15)25-16(22)11-20-18(24)13-5-3-2-4-6-13/h2-10,12H,11H2,1H3,(H,20,24)(H,21,23)/t12-/m0/s1. The number of benzene rings is 2. The summed E-state index contributed by atoms with van der Waals surface area (Å²) in [7, 11) is 0. The first-order valence-corrected chi connectivity index (χ1v) is 7.92. The zero-order valence-corrected chi connectivity index (χ0v) is 14.2. The number of hydrogen-bond donors (Lipinski definition) is 2. The van der Waals surface area contributed by atoms with E-state index in [4.69, 9.17) is 16.3 Å². The first-order chi connectivity index (χ1) is 12.0. The van der Waals surface area contributed by atoms with Crippen molar-refractivity contribution in [2.45, 2.75) is 13.0 Å². The number of esters is 1. The Kier molecular flexibility index (Phi) is 6.54. The molecule has 0 heterocycles. The minimum atomic E-state index is -1.00. The van der Waals surface area contributed by atoms with E-state index in [-0.39, 0.29) is 6.54 Å². The van der Waals surface area contributed by atoms with E-state index >= 15 is 0 Å². The van der Waals surface area contributed by atoms with Gasteiger partial charge in [-0.05, 0) is 43.3 Å². The van der Waals surface area contributed by atoms with Gasteiger partial charge in [0.25, 0.3) is 11.8 Å². The number of halogens is 1. The van der Waals surface area contributed by atoms with Crippen molar-refractivity contribution in [3.05, 3.63) is 65.2 Å². The highest BCUT2D eigenvalue weighted by atomic mass is 35.5. The van der Waals surface area contributed by atoms with Gasteiger partial charge in [-0.15, -0.1) is 0 Å². The van der Waals surface area contributed by atoms with Crippen LogP contribution >= 0.6 is 11.6 Å². The topological polar surface area (TPSA) is 84.5 Å². The number of carbonyl (C=O) groups excluding carboxylic acids is 3. The van der Waals surface area contributed by atoms with Crippen LogP contribution in [0.4, 0.5) is 5.69 Å². The lowest BCUT2D eigenvalue weighted by Gasteiger charge is -2.14. The van der Waals surface area contributed by atoms with E-state index in [1.807, 2.05) is 0 Å². The molecule has 0 fully saturated rings. The van der Waals surface area contributed by atoms with Gasteiger partial charge in [-0.2, -0.15) is 0 Å². The molecule has 2 rings (SSSR count). The lowest BCUT2D eigenvalue weighted by Crippen LogP contribution is -2.35. The van der Waals surface area contributed by atoms with E-state index in [1.54, 1.807) is 54.6 Å². The molecule has 2 aromatic rings. The summed E-state index contributed by atoms with van der Waals surface area (Å²) >= 11 is 5.77. The zero-order chi connectivity index (χ0) is 18.2. The normalized spacial score (nSPS) is 11.3. The molecule has 6 nitrogen and oxygen atoms in total. The Labute approximate surface area is 150 Å². The first kappa shape index (κ1) is 18.5. The zero-order valence-electron chi connectivity index (χ0n) is 13.5. The minimum Gasteiger partial charge on any atom is -0.451 e. The first-order valence-electron chi connectivity index (χ1n) is 7.55. The SMILES string of the molecule is C[C@H](OC(=O)CNC(=O)c1ccccc1)C(=O)Nc1ccc(Cl)cc1. The second-order valence-corrected chi connectivity index (χ2v) is 5.61. The maximum Gasteiger partial charge on any atom is 0.326 e. The Morgan fingerprint density at radius 1 is 1.04 bits per heavy atom. The molecule has 2 aromatic carbocycles. The molecular formula is C18H17ClN2O4. The minimum absolute atomic E-state index is 0.327. The fourth-order valence-electron chi connectivity index (χ4n) is 1.91. The third-order valence-electron chi connectivity index (χ3n) is 3.22. The fraction of sp³-hybridized carbons (Fsp3) is 0.167. The van der Waals surface area contributed by atoms with Crippen molar-refractivity contribution < 1.29 is 19.1 Å². The van der Waals surface area contributed by atoms with Crippen molar-refractivity contribution in [3.63, 3.8) is 0 Å². The number of rotatable bonds is 6. The maximum atomic E-state index is 12.0. The molecule has 0 aliphatic heterocycles. The number of anilines is 1.